The Morgan fingerprint density at radius 2 is 1.79 bits per heavy atom. The van der Waals surface area contributed by atoms with E-state index in [9.17, 15) is 0 Å². The van der Waals surface area contributed by atoms with Gasteiger partial charge in [-0.05, 0) is 44.7 Å². The van der Waals surface area contributed by atoms with Crippen molar-refractivity contribution in [1.29, 1.82) is 0 Å². The summed E-state index contributed by atoms with van der Waals surface area (Å²) >= 11 is 0. The van der Waals surface area contributed by atoms with Gasteiger partial charge in [0.05, 0.1) is 19.3 Å². The fourth-order valence-corrected chi connectivity index (χ4v) is 4.23. The Balaban J connectivity index is 2.00. The van der Waals surface area contributed by atoms with Crippen LogP contribution in [-0.4, -0.2) is 41.8 Å². The summed E-state index contributed by atoms with van der Waals surface area (Å²) in [4.78, 5) is 0. The molecule has 1 aliphatic rings. The Morgan fingerprint density at radius 1 is 1.04 bits per heavy atom. The van der Waals surface area contributed by atoms with Crippen molar-refractivity contribution in [3.05, 3.63) is 23.8 Å². The Kier molecular flexibility index (Phi) is 8.81. The third-order valence-corrected chi connectivity index (χ3v) is 5.84. The molecule has 0 aromatic heterocycles. The summed E-state index contributed by atoms with van der Waals surface area (Å²) in [5.74, 6) is 0.975. The monoisotopic (exact) mass is 351 g/mol. The zero-order valence-corrected chi connectivity index (χ0v) is 16.3. The van der Waals surface area contributed by atoms with Crippen LogP contribution in [0.25, 0.3) is 0 Å². The number of ether oxygens (including phenoxy) is 2. The number of rotatable bonds is 13. The molecule has 4 nitrogen and oxygen atoms in total. The molecule has 1 aromatic carbocycles. The zero-order valence-electron chi connectivity index (χ0n) is 15.3. The van der Waals surface area contributed by atoms with Crippen LogP contribution in [0.15, 0.2) is 18.2 Å². The van der Waals surface area contributed by atoms with Crippen molar-refractivity contribution >= 4 is 14.5 Å². The van der Waals surface area contributed by atoms with E-state index in [-0.39, 0.29) is 0 Å². The molecule has 1 saturated carbocycles. The van der Waals surface area contributed by atoms with Crippen LogP contribution < -0.4 is 9.92 Å². The molecule has 1 aliphatic carbocycles. The van der Waals surface area contributed by atoms with Gasteiger partial charge in [-0.3, -0.25) is 0 Å². The topological polar surface area (TPSA) is 36.9 Å². The van der Waals surface area contributed by atoms with Gasteiger partial charge < -0.3 is 18.3 Å². The first kappa shape index (κ1) is 19.4. The van der Waals surface area contributed by atoms with Crippen LogP contribution in [0.1, 0.15) is 52.0 Å². The quantitative estimate of drug-likeness (QED) is 0.403. The van der Waals surface area contributed by atoms with Crippen LogP contribution in [0.4, 0.5) is 0 Å². The summed E-state index contributed by atoms with van der Waals surface area (Å²) in [6, 6.07) is 6.24. The molecule has 0 spiro atoms. The first-order valence-corrected chi connectivity index (χ1v) is 10.6. The molecule has 0 saturated heterocycles. The summed E-state index contributed by atoms with van der Waals surface area (Å²) in [7, 11) is -1.44. The number of hydrogen-bond acceptors (Lipinski definition) is 4. The molecule has 1 radical (unpaired) electrons. The standard InChI is InChI=1S/C19H31O4Si/c1-4-9-17-18(21-15-8-14-20-16-12-13-16)10-7-11-19(17)24(22-5-2)23-6-3/h7,10-11,16H,4-6,8-9,12-15H2,1-3H3. The Labute approximate surface area is 148 Å². The molecule has 0 bridgehead atoms. The summed E-state index contributed by atoms with van der Waals surface area (Å²) in [6.45, 7) is 9.05. The summed E-state index contributed by atoms with van der Waals surface area (Å²) in [5, 5.41) is 1.19. The van der Waals surface area contributed by atoms with Crippen LogP contribution in [0.3, 0.4) is 0 Å². The predicted octanol–water partition coefficient (Wildman–Crippen LogP) is 3.36. The van der Waals surface area contributed by atoms with Crippen molar-refractivity contribution in [2.75, 3.05) is 26.4 Å². The number of benzene rings is 1. The maximum atomic E-state index is 6.06. The summed E-state index contributed by atoms with van der Waals surface area (Å²) in [5.41, 5.74) is 1.25. The van der Waals surface area contributed by atoms with E-state index in [4.69, 9.17) is 18.3 Å². The van der Waals surface area contributed by atoms with Gasteiger partial charge in [0.25, 0.3) is 0 Å². The first-order chi connectivity index (χ1) is 11.8. The molecule has 0 N–H and O–H groups in total. The minimum Gasteiger partial charge on any atom is -0.493 e. The Hall–Kier alpha value is -0.883. The van der Waals surface area contributed by atoms with Gasteiger partial charge in [0.2, 0.25) is 0 Å². The first-order valence-electron chi connectivity index (χ1n) is 9.29. The van der Waals surface area contributed by atoms with Gasteiger partial charge in [-0.15, -0.1) is 0 Å². The van der Waals surface area contributed by atoms with Gasteiger partial charge in [0, 0.05) is 24.8 Å². The third-order valence-electron chi connectivity index (χ3n) is 3.83. The predicted molar refractivity (Wildman–Crippen MR) is 98.2 cm³/mol. The molecule has 0 unspecified atom stereocenters. The van der Waals surface area contributed by atoms with Gasteiger partial charge >= 0.3 is 9.28 Å². The van der Waals surface area contributed by atoms with Crippen molar-refractivity contribution in [1.82, 2.24) is 0 Å². The van der Waals surface area contributed by atoms with E-state index in [1.54, 1.807) is 0 Å². The SMILES string of the molecule is CCCc1c(OCCCOC2CC2)cccc1[Si](OCC)OCC. The van der Waals surface area contributed by atoms with E-state index in [0.29, 0.717) is 25.9 Å². The van der Waals surface area contributed by atoms with Crippen LogP contribution in [-0.2, 0) is 20.0 Å². The van der Waals surface area contributed by atoms with E-state index in [1.807, 2.05) is 19.9 Å². The van der Waals surface area contributed by atoms with Crippen LogP contribution in [0, 0.1) is 0 Å². The lowest BCUT2D eigenvalue weighted by atomic mass is 10.1. The molecule has 135 valence electrons. The third kappa shape index (κ3) is 6.20. The van der Waals surface area contributed by atoms with Crippen molar-refractivity contribution < 1.29 is 18.3 Å². The lowest BCUT2D eigenvalue weighted by Crippen LogP contribution is -2.39. The number of hydrogen-bond donors (Lipinski definition) is 0. The molecule has 0 heterocycles. The second kappa shape index (κ2) is 10.9. The summed E-state index contributed by atoms with van der Waals surface area (Å²) < 4.78 is 23.5. The van der Waals surface area contributed by atoms with Gasteiger partial charge in [-0.2, -0.15) is 0 Å². The highest BCUT2D eigenvalue weighted by molar-refractivity contribution is 6.62. The normalized spacial score (nSPS) is 14.3. The smallest absolute Gasteiger partial charge is 0.424 e. The van der Waals surface area contributed by atoms with Gasteiger partial charge in [-0.1, -0.05) is 25.5 Å². The molecule has 0 amide bonds. The van der Waals surface area contributed by atoms with Gasteiger partial charge in [0.1, 0.15) is 5.75 Å². The van der Waals surface area contributed by atoms with Crippen molar-refractivity contribution in [3.63, 3.8) is 0 Å². The second-order valence-corrected chi connectivity index (χ2v) is 7.65. The fourth-order valence-electron chi connectivity index (χ4n) is 2.59. The zero-order chi connectivity index (χ0) is 17.2. The molecule has 24 heavy (non-hydrogen) atoms. The molecule has 2 rings (SSSR count). The molecule has 5 heteroatoms. The average Bonchev–Trinajstić information content (AvgIpc) is 3.40. The van der Waals surface area contributed by atoms with E-state index >= 15 is 0 Å². The van der Waals surface area contributed by atoms with E-state index < -0.39 is 9.28 Å². The van der Waals surface area contributed by atoms with Crippen LogP contribution in [0.5, 0.6) is 5.75 Å². The lowest BCUT2D eigenvalue weighted by molar-refractivity contribution is 0.106. The highest BCUT2D eigenvalue weighted by atomic mass is 28.3. The minimum atomic E-state index is -1.44. The van der Waals surface area contributed by atoms with Crippen molar-refractivity contribution in [3.8, 4) is 5.75 Å². The van der Waals surface area contributed by atoms with Crippen LogP contribution >= 0.6 is 0 Å². The highest BCUT2D eigenvalue weighted by Gasteiger charge is 2.24. The fraction of sp³-hybridized carbons (Fsp3) is 0.684. The van der Waals surface area contributed by atoms with Crippen molar-refractivity contribution in [2.24, 2.45) is 0 Å². The molecular weight excluding hydrogens is 320 g/mol. The Morgan fingerprint density at radius 3 is 2.42 bits per heavy atom. The largest absolute Gasteiger partial charge is 0.493 e. The molecular formula is C19H31O4Si. The van der Waals surface area contributed by atoms with Gasteiger partial charge in [0.15, 0.2) is 0 Å². The highest BCUT2D eigenvalue weighted by Crippen LogP contribution is 2.23. The lowest BCUT2D eigenvalue weighted by Gasteiger charge is -2.19. The second-order valence-electron chi connectivity index (χ2n) is 5.96. The van der Waals surface area contributed by atoms with E-state index in [1.165, 1.54) is 23.6 Å². The molecule has 0 atom stereocenters. The van der Waals surface area contributed by atoms with Gasteiger partial charge in [-0.25, -0.2) is 0 Å². The van der Waals surface area contributed by atoms with E-state index in [0.717, 1.165) is 31.6 Å². The molecule has 1 aromatic rings. The van der Waals surface area contributed by atoms with Crippen LogP contribution in [0.2, 0.25) is 0 Å². The maximum absolute atomic E-state index is 6.06. The molecule has 1 fully saturated rings. The molecule has 0 aliphatic heterocycles. The Bertz CT molecular complexity index is 470. The van der Waals surface area contributed by atoms with Crippen molar-refractivity contribution in [2.45, 2.75) is 59.0 Å². The van der Waals surface area contributed by atoms with E-state index in [2.05, 4.69) is 19.1 Å². The minimum absolute atomic E-state index is 0.520. The summed E-state index contributed by atoms with van der Waals surface area (Å²) in [6.07, 6.45) is 5.96. The maximum Gasteiger partial charge on any atom is 0.424 e. The average molecular weight is 352 g/mol.